The highest BCUT2D eigenvalue weighted by atomic mass is 15.1. The topological polar surface area (TPSA) is 28.2 Å². The zero-order valence-electron chi connectivity index (χ0n) is 13.2. The number of nitrogens with one attached hydrogen (secondary N) is 1. The van der Waals surface area contributed by atoms with Gasteiger partial charge in [0, 0.05) is 37.1 Å². The molecule has 3 rings (SSSR count). The second-order valence-corrected chi connectivity index (χ2v) is 6.05. The van der Waals surface area contributed by atoms with E-state index in [1.54, 1.807) is 0 Å². The van der Waals surface area contributed by atoms with Gasteiger partial charge in [-0.3, -0.25) is 4.98 Å². The van der Waals surface area contributed by atoms with Crippen molar-refractivity contribution in [1.29, 1.82) is 0 Å². The Bertz CT molecular complexity index is 621. The van der Waals surface area contributed by atoms with Crippen LogP contribution in [-0.4, -0.2) is 30.0 Å². The van der Waals surface area contributed by atoms with E-state index in [1.165, 1.54) is 35.0 Å². The third-order valence-electron chi connectivity index (χ3n) is 4.36. The molecule has 1 aromatic heterocycles. The summed E-state index contributed by atoms with van der Waals surface area (Å²) in [6, 6.07) is 8.57. The van der Waals surface area contributed by atoms with Crippen LogP contribution in [0.5, 0.6) is 0 Å². The van der Waals surface area contributed by atoms with Gasteiger partial charge < -0.3 is 10.2 Å². The van der Waals surface area contributed by atoms with Crippen LogP contribution in [0.3, 0.4) is 0 Å². The number of nitrogens with zero attached hydrogens (tertiary/aromatic N) is 2. The van der Waals surface area contributed by atoms with Gasteiger partial charge in [-0.25, -0.2) is 0 Å². The van der Waals surface area contributed by atoms with Gasteiger partial charge in [-0.1, -0.05) is 31.5 Å². The fraction of sp³-hybridized carbons (Fsp3) is 0.500. The Hall–Kier alpha value is -1.45. The van der Waals surface area contributed by atoms with Crippen LogP contribution in [0.4, 0.5) is 0 Å². The standard InChI is InChI=1S/C18H25N3/c1-3-4-10-19-12-15-14-7-5-6-8-17(14)20-18-9-11-21(2)13-16(15)18/h5-8,19H,3-4,9-13H2,1-2H3. The predicted octanol–water partition coefficient (Wildman–Crippen LogP) is 3.11. The molecule has 3 heteroatoms. The highest BCUT2D eigenvalue weighted by Gasteiger charge is 2.20. The van der Waals surface area contributed by atoms with Gasteiger partial charge in [-0.2, -0.15) is 0 Å². The number of para-hydroxylation sites is 1. The average Bonchev–Trinajstić information content (AvgIpc) is 2.51. The Balaban J connectivity index is 1.98. The summed E-state index contributed by atoms with van der Waals surface area (Å²) in [5.74, 6) is 0. The van der Waals surface area contributed by atoms with Gasteiger partial charge in [-0.05, 0) is 37.2 Å². The van der Waals surface area contributed by atoms with E-state index < -0.39 is 0 Å². The summed E-state index contributed by atoms with van der Waals surface area (Å²) in [7, 11) is 2.20. The van der Waals surface area contributed by atoms with Gasteiger partial charge in [0.2, 0.25) is 0 Å². The lowest BCUT2D eigenvalue weighted by molar-refractivity contribution is 0.308. The van der Waals surface area contributed by atoms with Crippen molar-refractivity contribution in [3.63, 3.8) is 0 Å². The van der Waals surface area contributed by atoms with E-state index in [-0.39, 0.29) is 0 Å². The van der Waals surface area contributed by atoms with Gasteiger partial charge in [0.25, 0.3) is 0 Å². The first-order chi connectivity index (χ1) is 10.3. The molecule has 1 N–H and O–H groups in total. The van der Waals surface area contributed by atoms with Crippen LogP contribution in [0.15, 0.2) is 24.3 Å². The molecule has 21 heavy (non-hydrogen) atoms. The van der Waals surface area contributed by atoms with E-state index in [9.17, 15) is 0 Å². The van der Waals surface area contributed by atoms with Crippen molar-refractivity contribution in [2.24, 2.45) is 0 Å². The summed E-state index contributed by atoms with van der Waals surface area (Å²) in [6.07, 6.45) is 3.55. The molecular weight excluding hydrogens is 258 g/mol. The molecule has 0 amide bonds. The number of hydrogen-bond acceptors (Lipinski definition) is 3. The third kappa shape index (κ3) is 3.09. The minimum atomic E-state index is 0.958. The molecule has 3 nitrogen and oxygen atoms in total. The Morgan fingerprint density at radius 1 is 1.29 bits per heavy atom. The molecule has 0 saturated heterocycles. The fourth-order valence-electron chi connectivity index (χ4n) is 3.13. The first kappa shape index (κ1) is 14.5. The van der Waals surface area contributed by atoms with Crippen LogP contribution in [0.2, 0.25) is 0 Å². The van der Waals surface area contributed by atoms with E-state index in [2.05, 4.69) is 48.5 Å². The lowest BCUT2D eigenvalue weighted by Crippen LogP contribution is -2.29. The number of rotatable bonds is 5. The Morgan fingerprint density at radius 2 is 2.14 bits per heavy atom. The van der Waals surface area contributed by atoms with Crippen LogP contribution in [0.1, 0.15) is 36.6 Å². The number of benzene rings is 1. The third-order valence-corrected chi connectivity index (χ3v) is 4.36. The fourth-order valence-corrected chi connectivity index (χ4v) is 3.13. The van der Waals surface area contributed by atoms with Crippen molar-refractivity contribution >= 4 is 10.9 Å². The number of unbranched alkanes of at least 4 members (excludes halogenated alkanes) is 1. The summed E-state index contributed by atoms with van der Waals surface area (Å²) < 4.78 is 0. The van der Waals surface area contributed by atoms with E-state index in [1.807, 2.05) is 0 Å². The highest BCUT2D eigenvalue weighted by molar-refractivity contribution is 5.83. The normalized spacial score (nSPS) is 15.3. The minimum Gasteiger partial charge on any atom is -0.313 e. The maximum absolute atomic E-state index is 4.90. The quantitative estimate of drug-likeness (QED) is 0.855. The molecule has 1 aliphatic heterocycles. The molecule has 1 aromatic carbocycles. The van der Waals surface area contributed by atoms with E-state index >= 15 is 0 Å². The molecule has 2 heterocycles. The maximum atomic E-state index is 4.90. The lowest BCUT2D eigenvalue weighted by Gasteiger charge is -2.27. The summed E-state index contributed by atoms with van der Waals surface area (Å²) in [4.78, 5) is 7.30. The van der Waals surface area contributed by atoms with E-state index in [0.29, 0.717) is 0 Å². The molecule has 1 aliphatic rings. The van der Waals surface area contributed by atoms with Gasteiger partial charge >= 0.3 is 0 Å². The molecule has 2 aromatic rings. The zero-order valence-corrected chi connectivity index (χ0v) is 13.2. The molecule has 0 unspecified atom stereocenters. The average molecular weight is 283 g/mol. The van der Waals surface area contributed by atoms with Crippen LogP contribution in [-0.2, 0) is 19.5 Å². The largest absolute Gasteiger partial charge is 0.313 e. The van der Waals surface area contributed by atoms with Gasteiger partial charge in [-0.15, -0.1) is 0 Å². The van der Waals surface area contributed by atoms with Crippen LogP contribution in [0.25, 0.3) is 10.9 Å². The first-order valence-electron chi connectivity index (χ1n) is 8.08. The van der Waals surface area contributed by atoms with Crippen LogP contribution in [0, 0.1) is 0 Å². The molecule has 0 fully saturated rings. The summed E-state index contributed by atoms with van der Waals surface area (Å²) in [5, 5.41) is 4.93. The second kappa shape index (κ2) is 6.54. The first-order valence-corrected chi connectivity index (χ1v) is 8.08. The van der Waals surface area contributed by atoms with Gasteiger partial charge in [0.15, 0.2) is 0 Å². The Kier molecular flexibility index (Phi) is 4.51. The van der Waals surface area contributed by atoms with Crippen LogP contribution < -0.4 is 5.32 Å². The molecule has 0 bridgehead atoms. The minimum absolute atomic E-state index is 0.958. The molecule has 0 atom stereocenters. The second-order valence-electron chi connectivity index (χ2n) is 6.05. The van der Waals surface area contributed by atoms with Crippen molar-refractivity contribution in [1.82, 2.24) is 15.2 Å². The van der Waals surface area contributed by atoms with E-state index in [4.69, 9.17) is 4.98 Å². The lowest BCUT2D eigenvalue weighted by atomic mass is 9.96. The number of aromatic nitrogens is 1. The Morgan fingerprint density at radius 3 is 3.00 bits per heavy atom. The molecular formula is C18H25N3. The molecule has 0 radical (unpaired) electrons. The van der Waals surface area contributed by atoms with Crippen molar-refractivity contribution in [3.05, 3.63) is 41.1 Å². The maximum Gasteiger partial charge on any atom is 0.0708 e. The van der Waals surface area contributed by atoms with Crippen molar-refractivity contribution in [3.8, 4) is 0 Å². The Labute approximate surface area is 127 Å². The summed E-state index contributed by atoms with van der Waals surface area (Å²) in [5.41, 5.74) is 5.36. The van der Waals surface area contributed by atoms with Gasteiger partial charge in [0.05, 0.1) is 5.52 Å². The summed E-state index contributed by atoms with van der Waals surface area (Å²) >= 11 is 0. The molecule has 0 aliphatic carbocycles. The smallest absolute Gasteiger partial charge is 0.0708 e. The van der Waals surface area contributed by atoms with Crippen molar-refractivity contribution in [2.75, 3.05) is 20.1 Å². The zero-order chi connectivity index (χ0) is 14.7. The highest BCUT2D eigenvalue weighted by Crippen LogP contribution is 2.27. The monoisotopic (exact) mass is 283 g/mol. The van der Waals surface area contributed by atoms with Crippen molar-refractivity contribution < 1.29 is 0 Å². The number of likely N-dealkylation sites (N-methyl/N-ethyl adjacent to an activating group) is 1. The van der Waals surface area contributed by atoms with Crippen molar-refractivity contribution in [2.45, 2.75) is 39.3 Å². The number of fused-ring (bicyclic) bond motifs is 2. The molecule has 112 valence electrons. The SMILES string of the molecule is CCCCNCc1c2c(nc3ccccc13)CCN(C)C2. The molecule has 0 spiro atoms. The van der Waals surface area contributed by atoms with Gasteiger partial charge in [0.1, 0.15) is 0 Å². The number of hydrogen-bond donors (Lipinski definition) is 1. The van der Waals surface area contributed by atoms with E-state index in [0.717, 1.165) is 38.1 Å². The predicted molar refractivity (Wildman–Crippen MR) is 88.4 cm³/mol. The molecule has 0 saturated carbocycles. The number of pyridine rings is 1. The summed E-state index contributed by atoms with van der Waals surface area (Å²) in [6.45, 7) is 6.43. The van der Waals surface area contributed by atoms with Crippen LogP contribution >= 0.6 is 0 Å².